The van der Waals surface area contributed by atoms with E-state index in [1.807, 2.05) is 0 Å². The zero-order chi connectivity index (χ0) is 28.5. The number of rotatable bonds is 6. The molecular formula is C36H32As2Cl2Pd. The molecule has 0 N–H and O–H groups in total. The van der Waals surface area contributed by atoms with Crippen molar-refractivity contribution in [2.24, 2.45) is 0 Å². The predicted octanol–water partition coefficient (Wildman–Crippen LogP) is 5.25. The molecule has 0 heterocycles. The molecule has 6 rings (SSSR count). The van der Waals surface area contributed by atoms with Gasteiger partial charge in [0.15, 0.2) is 0 Å². The monoisotopic (exact) mass is 790 g/mol. The van der Waals surface area contributed by atoms with Gasteiger partial charge in [0.2, 0.25) is 0 Å². The average Bonchev–Trinajstić information content (AvgIpc) is 3.05. The Balaban J connectivity index is 0.000000173. The first kappa shape index (κ1) is 31.6. The molecule has 0 atom stereocenters. The zero-order valence-electron chi connectivity index (χ0n) is 22.4. The van der Waals surface area contributed by atoms with E-state index in [-0.39, 0.29) is 15.9 Å². The van der Waals surface area contributed by atoms with Gasteiger partial charge in [-0.15, -0.1) is 0 Å². The summed E-state index contributed by atoms with van der Waals surface area (Å²) in [5, 5.41) is 0. The Bertz CT molecular complexity index is 1200. The molecule has 0 spiro atoms. The van der Waals surface area contributed by atoms with Gasteiger partial charge in [-0.3, -0.25) is 0 Å². The van der Waals surface area contributed by atoms with Crippen LogP contribution in [-0.4, -0.2) is 29.3 Å². The molecule has 0 aliphatic heterocycles. The van der Waals surface area contributed by atoms with E-state index >= 15 is 0 Å². The van der Waals surface area contributed by atoms with Gasteiger partial charge in [-0.25, -0.2) is 0 Å². The summed E-state index contributed by atoms with van der Waals surface area (Å²) in [6.45, 7) is 0. The van der Waals surface area contributed by atoms with Gasteiger partial charge in [-0.05, 0) is 0 Å². The molecule has 0 aromatic heterocycles. The van der Waals surface area contributed by atoms with Crippen molar-refractivity contribution in [3.05, 3.63) is 182 Å². The third-order valence-corrected chi connectivity index (χ3v) is 17.8. The van der Waals surface area contributed by atoms with Gasteiger partial charge in [0, 0.05) is 0 Å². The number of halogens is 2. The number of hydrogen-bond donors (Lipinski definition) is 0. The Kier molecular flexibility index (Phi) is 14.1. The van der Waals surface area contributed by atoms with Crippen LogP contribution in [0.1, 0.15) is 0 Å². The first-order valence-corrected chi connectivity index (χ1v) is 23.5. The second kappa shape index (κ2) is 18.3. The molecule has 0 aliphatic rings. The van der Waals surface area contributed by atoms with Gasteiger partial charge < -0.3 is 0 Å². The Morgan fingerprint density at radius 2 is 0.390 bits per heavy atom. The fourth-order valence-electron chi connectivity index (χ4n) is 4.63. The summed E-state index contributed by atoms with van der Waals surface area (Å²) in [5.41, 5.74) is 0. The molecule has 0 aliphatic carbocycles. The van der Waals surface area contributed by atoms with Crippen LogP contribution in [0.5, 0.6) is 0 Å². The Labute approximate surface area is 270 Å². The molecule has 41 heavy (non-hydrogen) atoms. The quantitative estimate of drug-likeness (QED) is 0.203. The molecule has 6 aromatic carbocycles. The number of hydrogen-bond acceptors (Lipinski definition) is 0. The van der Waals surface area contributed by atoms with E-state index in [0.29, 0.717) is 0 Å². The van der Waals surface area contributed by atoms with Crippen molar-refractivity contribution >= 4 is 74.5 Å². The van der Waals surface area contributed by atoms with Gasteiger partial charge >= 0.3 is 272 Å². The summed E-state index contributed by atoms with van der Waals surface area (Å²) in [6.07, 6.45) is 0. The van der Waals surface area contributed by atoms with Crippen molar-refractivity contribution < 1.29 is 15.9 Å². The Morgan fingerprint density at radius 1 is 0.268 bits per heavy atom. The molecule has 0 bridgehead atoms. The minimum absolute atomic E-state index is 0.106. The third-order valence-electron chi connectivity index (χ3n) is 6.37. The van der Waals surface area contributed by atoms with Crippen LogP contribution in [0.2, 0.25) is 0 Å². The molecule has 210 valence electrons. The fraction of sp³-hybridized carbons (Fsp3) is 0. The van der Waals surface area contributed by atoms with E-state index in [0.717, 1.165) is 0 Å². The predicted molar refractivity (Wildman–Crippen MR) is 182 cm³/mol. The molecule has 0 saturated heterocycles. The van der Waals surface area contributed by atoms with Crippen LogP contribution in [0.3, 0.4) is 0 Å². The first-order chi connectivity index (χ1) is 20.3. The third kappa shape index (κ3) is 9.88. The molecule has 6 aromatic rings. The van der Waals surface area contributed by atoms with E-state index in [1.165, 1.54) is 26.1 Å². The van der Waals surface area contributed by atoms with Gasteiger partial charge in [-0.1, -0.05) is 0 Å². The van der Waals surface area contributed by atoms with Crippen LogP contribution < -0.4 is 26.1 Å². The van der Waals surface area contributed by atoms with E-state index in [9.17, 15) is 0 Å². The van der Waals surface area contributed by atoms with Gasteiger partial charge in [0.25, 0.3) is 0 Å². The molecule has 5 heteroatoms. The summed E-state index contributed by atoms with van der Waals surface area (Å²) >= 11 is -3.37. The van der Waals surface area contributed by atoms with Crippen LogP contribution in [0, 0.1) is 0 Å². The molecule has 0 saturated carbocycles. The molecule has 0 nitrogen and oxygen atoms in total. The van der Waals surface area contributed by atoms with E-state index in [4.69, 9.17) is 19.1 Å². The van der Waals surface area contributed by atoms with E-state index < -0.39 is 29.3 Å². The summed E-state index contributed by atoms with van der Waals surface area (Å²) in [5.74, 6) is 0. The SMILES string of the molecule is [Cl][Pd][Cl].c1ccc([AsH](c2ccccc2)c2ccccc2)cc1.c1ccc([AsH](c2ccccc2)c2ccccc2)cc1. The van der Waals surface area contributed by atoms with Crippen molar-refractivity contribution in [2.45, 2.75) is 0 Å². The standard InChI is InChI=1S/2C18H16As.2ClH.Pd/c2*1-4-10-16(11-5-1)19(17-12-6-2-7-13-17)18-14-8-3-9-15-18;;;/h2*1-15,19H;2*1H;/q;;;;+2/p-2. The maximum atomic E-state index is 4.81. The van der Waals surface area contributed by atoms with Crippen LogP contribution in [0.4, 0.5) is 0 Å². The Hall–Kier alpha value is -2.32. The van der Waals surface area contributed by atoms with E-state index in [2.05, 4.69) is 182 Å². The van der Waals surface area contributed by atoms with Crippen LogP contribution in [-0.2, 0) is 15.9 Å². The van der Waals surface area contributed by atoms with Crippen molar-refractivity contribution in [3.63, 3.8) is 0 Å². The number of benzene rings is 6. The summed E-state index contributed by atoms with van der Waals surface area (Å²) in [6, 6.07) is 65.6. The molecule has 0 amide bonds. The Morgan fingerprint density at radius 3 is 0.512 bits per heavy atom. The fourth-order valence-corrected chi connectivity index (χ4v) is 15.4. The van der Waals surface area contributed by atoms with Crippen LogP contribution in [0.25, 0.3) is 0 Å². The summed E-state index contributed by atoms with van der Waals surface area (Å²) in [7, 11) is 9.63. The zero-order valence-corrected chi connectivity index (χ0v) is 29.7. The maximum absolute atomic E-state index is 4.81. The van der Waals surface area contributed by atoms with Crippen LogP contribution >= 0.6 is 19.1 Å². The van der Waals surface area contributed by atoms with Gasteiger partial charge in [-0.2, -0.15) is 0 Å². The second-order valence-corrected chi connectivity index (χ2v) is 21.8. The van der Waals surface area contributed by atoms with Crippen LogP contribution in [0.15, 0.2) is 182 Å². The molecular weight excluding hydrogens is 760 g/mol. The molecule has 0 unspecified atom stereocenters. The molecule has 0 fully saturated rings. The summed E-state index contributed by atoms with van der Waals surface area (Å²) < 4.78 is 9.00. The van der Waals surface area contributed by atoms with Gasteiger partial charge in [0.1, 0.15) is 0 Å². The topological polar surface area (TPSA) is 0 Å². The summed E-state index contributed by atoms with van der Waals surface area (Å²) in [4.78, 5) is 0. The normalized spacial score (nSPS) is 10.3. The molecule has 2 radical (unpaired) electrons. The van der Waals surface area contributed by atoms with Crippen molar-refractivity contribution in [2.75, 3.05) is 0 Å². The van der Waals surface area contributed by atoms with E-state index in [1.54, 1.807) is 0 Å². The minimum atomic E-state index is -1.63. The average molecular weight is 792 g/mol. The van der Waals surface area contributed by atoms with Crippen molar-refractivity contribution in [1.82, 2.24) is 0 Å². The van der Waals surface area contributed by atoms with Crippen molar-refractivity contribution in [3.8, 4) is 0 Å². The first-order valence-electron chi connectivity index (χ1n) is 13.2. The van der Waals surface area contributed by atoms with Gasteiger partial charge in [0.05, 0.1) is 0 Å². The van der Waals surface area contributed by atoms with Crippen molar-refractivity contribution in [1.29, 1.82) is 0 Å². The second-order valence-electron chi connectivity index (χ2n) is 8.99.